The SMILES string of the molecule is CC1(C)c2cc3ccccc3cc2N2c3cc(-c4ccccc4)cc(-c4ccc(-c5ccccc5)c5c4Nc4cccc6c4C5(C)c4ccccc4-6)c3[B]c3cccc1c32. The third kappa shape index (κ3) is 4.39. The summed E-state index contributed by atoms with van der Waals surface area (Å²) in [6.45, 7) is 7.26. The van der Waals surface area contributed by atoms with Crippen molar-refractivity contribution in [2.45, 2.75) is 31.6 Å². The first-order chi connectivity index (χ1) is 29.4. The second kappa shape index (κ2) is 12.0. The molecule has 3 heteroatoms. The van der Waals surface area contributed by atoms with E-state index < -0.39 is 0 Å². The van der Waals surface area contributed by atoms with Crippen LogP contribution in [0.3, 0.4) is 0 Å². The van der Waals surface area contributed by atoms with Crippen molar-refractivity contribution in [1.82, 2.24) is 0 Å². The average Bonchev–Trinajstić information content (AvgIpc) is 3.56. The highest BCUT2D eigenvalue weighted by Crippen LogP contribution is 2.62. The number of para-hydroxylation sites is 1. The number of benzene rings is 9. The Morgan fingerprint density at radius 3 is 1.93 bits per heavy atom. The summed E-state index contributed by atoms with van der Waals surface area (Å²) in [5, 5.41) is 6.66. The van der Waals surface area contributed by atoms with Crippen molar-refractivity contribution in [3.63, 3.8) is 0 Å². The summed E-state index contributed by atoms with van der Waals surface area (Å²) in [5.74, 6) is 0. The predicted octanol–water partition coefficient (Wildman–Crippen LogP) is 13.3. The quantitative estimate of drug-likeness (QED) is 0.180. The van der Waals surface area contributed by atoms with E-state index in [2.05, 4.69) is 220 Å². The lowest BCUT2D eigenvalue weighted by molar-refractivity contribution is 0.633. The van der Waals surface area contributed by atoms with Gasteiger partial charge in [0, 0.05) is 33.5 Å². The highest BCUT2D eigenvalue weighted by molar-refractivity contribution is 6.73. The zero-order valence-corrected chi connectivity index (χ0v) is 33.8. The number of hydrogen-bond acceptors (Lipinski definition) is 2. The Kier molecular flexibility index (Phi) is 6.76. The summed E-state index contributed by atoms with van der Waals surface area (Å²) in [5.41, 5.74) is 24.7. The fourth-order valence-corrected chi connectivity index (χ4v) is 11.4. The zero-order valence-electron chi connectivity index (χ0n) is 33.8. The maximum Gasteiger partial charge on any atom is 0.197 e. The molecule has 0 spiro atoms. The molecule has 2 nitrogen and oxygen atoms in total. The molecule has 281 valence electrons. The van der Waals surface area contributed by atoms with E-state index >= 15 is 0 Å². The Morgan fingerprint density at radius 1 is 0.450 bits per heavy atom. The molecule has 0 saturated heterocycles. The number of nitrogens with zero attached hydrogens (tertiary/aromatic N) is 1. The van der Waals surface area contributed by atoms with Gasteiger partial charge in [-0.2, -0.15) is 0 Å². The molecule has 4 aliphatic rings. The van der Waals surface area contributed by atoms with Gasteiger partial charge in [0.25, 0.3) is 0 Å². The Balaban J connectivity index is 1.14. The maximum atomic E-state index is 4.14. The molecule has 1 atom stereocenters. The maximum absolute atomic E-state index is 4.14. The van der Waals surface area contributed by atoms with Crippen molar-refractivity contribution < 1.29 is 0 Å². The van der Waals surface area contributed by atoms with Gasteiger partial charge in [-0.25, -0.2) is 0 Å². The van der Waals surface area contributed by atoms with E-state index in [1.165, 1.54) is 122 Å². The van der Waals surface area contributed by atoms with Crippen LogP contribution in [0.4, 0.5) is 28.4 Å². The van der Waals surface area contributed by atoms with E-state index in [0.717, 1.165) is 0 Å². The fourth-order valence-electron chi connectivity index (χ4n) is 11.4. The van der Waals surface area contributed by atoms with E-state index in [1.54, 1.807) is 0 Å². The van der Waals surface area contributed by atoms with Crippen molar-refractivity contribution in [2.24, 2.45) is 0 Å². The van der Waals surface area contributed by atoms with Crippen LogP contribution in [0.15, 0.2) is 182 Å². The Morgan fingerprint density at radius 2 is 1.12 bits per heavy atom. The molecule has 3 aliphatic heterocycles. The van der Waals surface area contributed by atoms with Gasteiger partial charge in [-0.15, -0.1) is 0 Å². The molecule has 1 aliphatic carbocycles. The van der Waals surface area contributed by atoms with Gasteiger partial charge >= 0.3 is 0 Å². The zero-order chi connectivity index (χ0) is 39.9. The van der Waals surface area contributed by atoms with Gasteiger partial charge in [0.2, 0.25) is 0 Å². The normalized spacial score (nSPS) is 16.7. The van der Waals surface area contributed by atoms with E-state index in [-0.39, 0.29) is 10.8 Å². The summed E-state index contributed by atoms with van der Waals surface area (Å²) in [4.78, 5) is 2.59. The van der Waals surface area contributed by atoms with Crippen LogP contribution in [-0.2, 0) is 10.8 Å². The number of rotatable bonds is 3. The van der Waals surface area contributed by atoms with Crippen LogP contribution >= 0.6 is 0 Å². The lowest BCUT2D eigenvalue weighted by atomic mass is 9.55. The summed E-state index contributed by atoms with van der Waals surface area (Å²) >= 11 is 0. The lowest BCUT2D eigenvalue weighted by Crippen LogP contribution is -2.45. The largest absolute Gasteiger partial charge is 0.354 e. The van der Waals surface area contributed by atoms with Gasteiger partial charge in [-0.05, 0) is 120 Å². The molecule has 1 radical (unpaired) electrons. The minimum absolute atomic E-state index is 0.193. The van der Waals surface area contributed by atoms with Crippen molar-refractivity contribution in [1.29, 1.82) is 0 Å². The molecular weight excluding hydrogens is 723 g/mol. The summed E-state index contributed by atoms with van der Waals surface area (Å²) in [7, 11) is 2.47. The molecule has 1 N–H and O–H groups in total. The molecule has 3 heterocycles. The molecule has 0 fully saturated rings. The first-order valence-corrected chi connectivity index (χ1v) is 21.2. The first kappa shape index (κ1) is 33.8. The minimum atomic E-state index is -0.384. The van der Waals surface area contributed by atoms with Gasteiger partial charge in [0.1, 0.15) is 0 Å². The van der Waals surface area contributed by atoms with Crippen molar-refractivity contribution in [3.8, 4) is 44.5 Å². The predicted molar refractivity (Wildman–Crippen MR) is 253 cm³/mol. The molecule has 1 unspecified atom stereocenters. The summed E-state index contributed by atoms with van der Waals surface area (Å²) in [6, 6.07) is 68.0. The third-order valence-corrected chi connectivity index (χ3v) is 14.2. The van der Waals surface area contributed by atoms with Gasteiger partial charge in [0.05, 0.1) is 11.4 Å². The van der Waals surface area contributed by atoms with Crippen LogP contribution < -0.4 is 21.1 Å². The van der Waals surface area contributed by atoms with E-state index in [1.807, 2.05) is 0 Å². The molecule has 9 aromatic rings. The molecule has 0 bridgehead atoms. The van der Waals surface area contributed by atoms with Gasteiger partial charge in [0.15, 0.2) is 7.28 Å². The number of hydrogen-bond donors (Lipinski definition) is 1. The van der Waals surface area contributed by atoms with Crippen molar-refractivity contribution in [2.75, 3.05) is 10.2 Å². The molecule has 9 aromatic carbocycles. The molecule has 60 heavy (non-hydrogen) atoms. The van der Waals surface area contributed by atoms with Gasteiger partial charge in [-0.1, -0.05) is 171 Å². The number of anilines is 5. The molecule has 13 rings (SSSR count). The van der Waals surface area contributed by atoms with Crippen LogP contribution in [-0.4, -0.2) is 7.28 Å². The Bertz CT molecular complexity index is 3310. The monoisotopic (exact) mass is 763 g/mol. The van der Waals surface area contributed by atoms with E-state index in [0.29, 0.717) is 0 Å². The van der Waals surface area contributed by atoms with E-state index in [4.69, 9.17) is 0 Å². The molecule has 0 aromatic heterocycles. The summed E-state index contributed by atoms with van der Waals surface area (Å²) < 4.78 is 0. The van der Waals surface area contributed by atoms with Gasteiger partial charge < -0.3 is 10.2 Å². The number of nitrogens with one attached hydrogen (secondary N) is 1. The van der Waals surface area contributed by atoms with Crippen LogP contribution in [0.5, 0.6) is 0 Å². The van der Waals surface area contributed by atoms with Crippen LogP contribution in [0.25, 0.3) is 55.3 Å². The number of fused-ring (bicyclic) bond motifs is 10. The van der Waals surface area contributed by atoms with Crippen LogP contribution in [0, 0.1) is 0 Å². The summed E-state index contributed by atoms with van der Waals surface area (Å²) in [6.07, 6.45) is 0. The fraction of sp³-hybridized carbons (Fsp3) is 0.0877. The third-order valence-electron chi connectivity index (χ3n) is 14.2. The molecular formula is C57H40BN2. The highest BCUT2D eigenvalue weighted by Gasteiger charge is 2.48. The minimum Gasteiger partial charge on any atom is -0.354 e. The first-order valence-electron chi connectivity index (χ1n) is 21.2. The second-order valence-corrected chi connectivity index (χ2v) is 17.7. The van der Waals surface area contributed by atoms with E-state index in [9.17, 15) is 0 Å². The lowest BCUT2D eigenvalue weighted by Gasteiger charge is -2.46. The standard InChI is InChI=1S/C57H40BN2/c1-56(2)45-25-15-26-47-55(45)60(49-32-37-21-11-10-20-36(37)31-46(49)56)50-33-38(34-16-6-4-7-17-34)30-43(53(50)58-47)42-29-28-39(35-18-8-5-9-19-35)52-54(42)59-48-27-14-23-41-40-22-12-13-24-44(40)57(52,3)51(41)48/h4-33,59H,1-3H3. The molecule has 0 amide bonds. The van der Waals surface area contributed by atoms with Crippen molar-refractivity contribution >= 4 is 57.4 Å². The molecule has 0 saturated carbocycles. The van der Waals surface area contributed by atoms with Crippen LogP contribution in [0.2, 0.25) is 0 Å². The highest BCUT2D eigenvalue weighted by atomic mass is 15.2. The second-order valence-electron chi connectivity index (χ2n) is 17.7. The average molecular weight is 764 g/mol. The Labute approximate surface area is 352 Å². The topological polar surface area (TPSA) is 15.3 Å². The Hall–Kier alpha value is -7.10. The van der Waals surface area contributed by atoms with Gasteiger partial charge in [-0.3, -0.25) is 0 Å². The smallest absolute Gasteiger partial charge is 0.197 e. The van der Waals surface area contributed by atoms with Crippen LogP contribution in [0.1, 0.15) is 48.6 Å². The van der Waals surface area contributed by atoms with Crippen molar-refractivity contribution in [3.05, 3.63) is 210 Å².